The van der Waals surface area contributed by atoms with Gasteiger partial charge >= 0.3 is 0 Å². The Morgan fingerprint density at radius 3 is 2.54 bits per heavy atom. The molecule has 0 aliphatic rings. The number of carbonyl (C=O) groups is 1. The molecule has 2 aromatic rings. The van der Waals surface area contributed by atoms with Gasteiger partial charge in [0.1, 0.15) is 12.4 Å². The Kier molecular flexibility index (Phi) is 7.05. The fourth-order valence-electron chi connectivity index (χ4n) is 2.17. The number of hydrogen-bond acceptors (Lipinski definition) is 3. The minimum atomic E-state index is -0.0885. The van der Waals surface area contributed by atoms with Gasteiger partial charge in [-0.05, 0) is 43.2 Å². The summed E-state index contributed by atoms with van der Waals surface area (Å²) in [6.45, 7) is 7.17. The predicted octanol–water partition coefficient (Wildman–Crippen LogP) is 3.41. The molecule has 0 spiro atoms. The molecule has 2 aromatic carbocycles. The first kappa shape index (κ1) is 17.8. The minimum Gasteiger partial charge on any atom is -0.487 e. The fraction of sp³-hybridized carbons (Fsp3) is 0.250. The number of benzene rings is 2. The van der Waals surface area contributed by atoms with Crippen molar-refractivity contribution in [2.75, 3.05) is 25.0 Å². The molecular formula is C20H24N2O2. The zero-order valence-corrected chi connectivity index (χ0v) is 14.0. The smallest absolute Gasteiger partial charge is 0.238 e. The van der Waals surface area contributed by atoms with Crippen molar-refractivity contribution in [3.8, 4) is 5.75 Å². The Balaban J connectivity index is 1.76. The van der Waals surface area contributed by atoms with E-state index in [-0.39, 0.29) is 12.5 Å². The fourth-order valence-corrected chi connectivity index (χ4v) is 2.17. The number of anilines is 1. The Bertz CT molecular complexity index is 668. The standard InChI is InChI=1S/C20H24N2O2/c1-16(2)15-24-19-11-7-6-10-18(19)22-20(23)14-21-13-12-17-8-4-3-5-9-17/h3-11,21H,1,12-15H2,2H3,(H,22,23). The lowest BCUT2D eigenvalue weighted by atomic mass is 10.1. The van der Waals surface area contributed by atoms with Crippen LogP contribution in [0.15, 0.2) is 66.7 Å². The molecule has 0 aliphatic heterocycles. The topological polar surface area (TPSA) is 50.4 Å². The maximum atomic E-state index is 12.1. The van der Waals surface area contributed by atoms with E-state index in [1.165, 1.54) is 5.56 Å². The van der Waals surface area contributed by atoms with E-state index in [2.05, 4.69) is 29.3 Å². The van der Waals surface area contributed by atoms with Crippen LogP contribution in [0.3, 0.4) is 0 Å². The van der Waals surface area contributed by atoms with Gasteiger partial charge in [0.05, 0.1) is 12.2 Å². The van der Waals surface area contributed by atoms with Gasteiger partial charge in [-0.25, -0.2) is 0 Å². The zero-order valence-electron chi connectivity index (χ0n) is 14.0. The van der Waals surface area contributed by atoms with Gasteiger partial charge in [0, 0.05) is 0 Å². The first-order valence-electron chi connectivity index (χ1n) is 8.06. The number of rotatable bonds is 9. The van der Waals surface area contributed by atoms with Gasteiger partial charge in [-0.15, -0.1) is 0 Å². The van der Waals surface area contributed by atoms with E-state index >= 15 is 0 Å². The number of hydrogen-bond donors (Lipinski definition) is 2. The molecule has 1 amide bonds. The summed E-state index contributed by atoms with van der Waals surface area (Å²) in [4.78, 5) is 12.1. The number of carbonyl (C=O) groups excluding carboxylic acids is 1. The third kappa shape index (κ3) is 6.26. The van der Waals surface area contributed by atoms with E-state index in [9.17, 15) is 4.79 Å². The SMILES string of the molecule is C=C(C)COc1ccccc1NC(=O)CNCCc1ccccc1. The van der Waals surface area contributed by atoms with Crippen LogP contribution in [-0.2, 0) is 11.2 Å². The second-order valence-electron chi connectivity index (χ2n) is 5.70. The van der Waals surface area contributed by atoms with Gasteiger partial charge in [-0.1, -0.05) is 49.0 Å². The van der Waals surface area contributed by atoms with Crippen LogP contribution in [0.1, 0.15) is 12.5 Å². The maximum Gasteiger partial charge on any atom is 0.238 e. The quantitative estimate of drug-likeness (QED) is 0.549. The van der Waals surface area contributed by atoms with Gasteiger partial charge in [0.15, 0.2) is 0 Å². The van der Waals surface area contributed by atoms with E-state index in [1.807, 2.05) is 49.4 Å². The summed E-state index contributed by atoms with van der Waals surface area (Å²) in [6, 6.07) is 17.6. The number of nitrogens with one attached hydrogen (secondary N) is 2. The average Bonchev–Trinajstić information content (AvgIpc) is 2.59. The summed E-state index contributed by atoms with van der Waals surface area (Å²) in [5.74, 6) is 0.563. The highest BCUT2D eigenvalue weighted by molar-refractivity contribution is 5.93. The highest BCUT2D eigenvalue weighted by atomic mass is 16.5. The normalized spacial score (nSPS) is 10.2. The second kappa shape index (κ2) is 9.53. The Morgan fingerprint density at radius 1 is 1.08 bits per heavy atom. The van der Waals surface area contributed by atoms with Gasteiger partial charge in [0.25, 0.3) is 0 Å². The molecule has 0 bridgehead atoms. The minimum absolute atomic E-state index is 0.0885. The first-order valence-corrected chi connectivity index (χ1v) is 8.06. The molecule has 0 aromatic heterocycles. The summed E-state index contributed by atoms with van der Waals surface area (Å²) < 4.78 is 5.65. The van der Waals surface area contributed by atoms with Crippen molar-refractivity contribution in [3.63, 3.8) is 0 Å². The first-order chi connectivity index (χ1) is 11.6. The molecule has 0 fully saturated rings. The van der Waals surface area contributed by atoms with Crippen LogP contribution in [0.5, 0.6) is 5.75 Å². The van der Waals surface area contributed by atoms with Crippen LogP contribution in [-0.4, -0.2) is 25.6 Å². The monoisotopic (exact) mass is 324 g/mol. The van der Waals surface area contributed by atoms with Crippen molar-refractivity contribution in [2.24, 2.45) is 0 Å². The summed E-state index contributed by atoms with van der Waals surface area (Å²) >= 11 is 0. The molecule has 0 saturated carbocycles. The summed E-state index contributed by atoms with van der Waals surface area (Å²) in [5, 5.41) is 6.03. The molecule has 0 radical (unpaired) electrons. The van der Waals surface area contributed by atoms with Crippen molar-refractivity contribution < 1.29 is 9.53 Å². The number of para-hydroxylation sites is 2. The Hall–Kier alpha value is -2.59. The van der Waals surface area contributed by atoms with Gasteiger partial charge in [-0.3, -0.25) is 4.79 Å². The molecule has 24 heavy (non-hydrogen) atoms. The molecule has 0 unspecified atom stereocenters. The average molecular weight is 324 g/mol. The van der Waals surface area contributed by atoms with E-state index in [1.54, 1.807) is 0 Å². The van der Waals surface area contributed by atoms with Crippen LogP contribution in [0, 0.1) is 0 Å². The molecular weight excluding hydrogens is 300 g/mol. The van der Waals surface area contributed by atoms with E-state index in [0.29, 0.717) is 18.0 Å². The van der Waals surface area contributed by atoms with E-state index < -0.39 is 0 Å². The number of ether oxygens (including phenoxy) is 1. The van der Waals surface area contributed by atoms with Crippen molar-refractivity contribution >= 4 is 11.6 Å². The summed E-state index contributed by atoms with van der Waals surface area (Å²) in [6.07, 6.45) is 0.895. The van der Waals surface area contributed by atoms with Crippen LogP contribution < -0.4 is 15.4 Å². The molecule has 126 valence electrons. The molecule has 0 saturated heterocycles. The highest BCUT2D eigenvalue weighted by Gasteiger charge is 2.07. The van der Waals surface area contributed by atoms with Crippen molar-refractivity contribution in [1.82, 2.24) is 5.32 Å². The third-order valence-electron chi connectivity index (χ3n) is 3.35. The van der Waals surface area contributed by atoms with Crippen LogP contribution in [0.2, 0.25) is 0 Å². The predicted molar refractivity (Wildman–Crippen MR) is 98.4 cm³/mol. The van der Waals surface area contributed by atoms with Gasteiger partial charge in [0.2, 0.25) is 5.91 Å². The lowest BCUT2D eigenvalue weighted by Crippen LogP contribution is -2.29. The molecule has 2 N–H and O–H groups in total. The third-order valence-corrected chi connectivity index (χ3v) is 3.35. The molecule has 4 heteroatoms. The van der Waals surface area contributed by atoms with Gasteiger partial charge < -0.3 is 15.4 Å². The second-order valence-corrected chi connectivity index (χ2v) is 5.70. The van der Waals surface area contributed by atoms with E-state index in [0.717, 1.165) is 18.5 Å². The molecule has 0 atom stereocenters. The van der Waals surface area contributed by atoms with E-state index in [4.69, 9.17) is 4.74 Å². The molecule has 4 nitrogen and oxygen atoms in total. The Labute approximate surface area is 143 Å². The summed E-state index contributed by atoms with van der Waals surface area (Å²) in [7, 11) is 0. The van der Waals surface area contributed by atoms with Crippen molar-refractivity contribution in [3.05, 3.63) is 72.3 Å². The van der Waals surface area contributed by atoms with Crippen molar-refractivity contribution in [2.45, 2.75) is 13.3 Å². The number of amides is 1. The van der Waals surface area contributed by atoms with Crippen LogP contribution >= 0.6 is 0 Å². The van der Waals surface area contributed by atoms with Crippen LogP contribution in [0.4, 0.5) is 5.69 Å². The highest BCUT2D eigenvalue weighted by Crippen LogP contribution is 2.23. The molecule has 0 heterocycles. The molecule has 0 aliphatic carbocycles. The van der Waals surface area contributed by atoms with Gasteiger partial charge in [-0.2, -0.15) is 0 Å². The Morgan fingerprint density at radius 2 is 1.79 bits per heavy atom. The largest absolute Gasteiger partial charge is 0.487 e. The zero-order chi connectivity index (χ0) is 17.2. The lowest BCUT2D eigenvalue weighted by molar-refractivity contribution is -0.115. The lowest BCUT2D eigenvalue weighted by Gasteiger charge is -2.12. The molecule has 2 rings (SSSR count). The van der Waals surface area contributed by atoms with Crippen molar-refractivity contribution in [1.29, 1.82) is 0 Å². The van der Waals surface area contributed by atoms with Crippen LogP contribution in [0.25, 0.3) is 0 Å². The maximum absolute atomic E-state index is 12.1. The summed E-state index contributed by atoms with van der Waals surface area (Å²) in [5.41, 5.74) is 2.86.